The van der Waals surface area contributed by atoms with Crippen molar-refractivity contribution in [2.45, 2.75) is 70.5 Å². The summed E-state index contributed by atoms with van der Waals surface area (Å²) in [4.78, 5) is 0. The van der Waals surface area contributed by atoms with Gasteiger partial charge >= 0.3 is 0 Å². The smallest absolute Gasteiger partial charge is 0.0723 e. The predicted octanol–water partition coefficient (Wildman–Crippen LogP) is 3.28. The highest BCUT2D eigenvalue weighted by atomic mass is 16.3. The van der Waals surface area contributed by atoms with Crippen molar-refractivity contribution >= 4 is 0 Å². The summed E-state index contributed by atoms with van der Waals surface area (Å²) in [6.45, 7) is 2.35. The van der Waals surface area contributed by atoms with Gasteiger partial charge in [0.05, 0.1) is 12.2 Å². The van der Waals surface area contributed by atoms with Crippen molar-refractivity contribution in [3.05, 3.63) is 11.6 Å². The molecule has 4 aliphatic rings. The Balaban J connectivity index is 1.62. The fourth-order valence-corrected chi connectivity index (χ4v) is 6.28. The van der Waals surface area contributed by atoms with Gasteiger partial charge in [0, 0.05) is 0 Å². The molecule has 4 rings (SSSR count). The molecule has 2 nitrogen and oxygen atoms in total. The molecule has 2 heteroatoms. The van der Waals surface area contributed by atoms with Gasteiger partial charge in [-0.2, -0.15) is 0 Å². The first-order chi connectivity index (χ1) is 9.59. The number of fused-ring (bicyclic) bond motifs is 5. The van der Waals surface area contributed by atoms with E-state index >= 15 is 0 Å². The standard InChI is InChI=1S/C18H28O2/c1-18-9-8-14-13-5-3-12(19)10-11(13)2-4-15(14)16(18)6-7-17(18)20/h10,12-17,19-20H,2-9H2,1H3/t12-,13-,14+,15+,16-,17-,18-/m0/s1. The molecule has 2 N–H and O–H groups in total. The number of rotatable bonds is 0. The second kappa shape index (κ2) is 4.58. The SMILES string of the molecule is C[C@]12CC[C@H]3[C@@H](CCC4=C[C@@H](O)CC[C@@H]43)[C@@H]1CC[C@@H]2O. The fourth-order valence-electron chi connectivity index (χ4n) is 6.28. The van der Waals surface area contributed by atoms with E-state index in [1.54, 1.807) is 5.57 Å². The molecule has 0 saturated heterocycles. The molecule has 0 heterocycles. The van der Waals surface area contributed by atoms with Crippen molar-refractivity contribution in [2.24, 2.45) is 29.1 Å². The molecule has 3 fully saturated rings. The van der Waals surface area contributed by atoms with Crippen LogP contribution in [0.4, 0.5) is 0 Å². The van der Waals surface area contributed by atoms with Crippen LogP contribution in [0.2, 0.25) is 0 Å². The molecule has 0 unspecified atom stereocenters. The Labute approximate surface area is 122 Å². The zero-order valence-corrected chi connectivity index (χ0v) is 12.6. The van der Waals surface area contributed by atoms with Gasteiger partial charge in [-0.25, -0.2) is 0 Å². The van der Waals surface area contributed by atoms with Gasteiger partial charge in [-0.3, -0.25) is 0 Å². The van der Waals surface area contributed by atoms with Crippen molar-refractivity contribution in [1.82, 2.24) is 0 Å². The molecule has 0 aromatic rings. The van der Waals surface area contributed by atoms with Crippen LogP contribution in [-0.2, 0) is 0 Å². The topological polar surface area (TPSA) is 40.5 Å². The summed E-state index contributed by atoms with van der Waals surface area (Å²) < 4.78 is 0. The van der Waals surface area contributed by atoms with Crippen LogP contribution in [0, 0.1) is 29.1 Å². The van der Waals surface area contributed by atoms with Gasteiger partial charge in [0.1, 0.15) is 0 Å². The lowest BCUT2D eigenvalue weighted by Gasteiger charge is -2.53. The summed E-state index contributed by atoms with van der Waals surface area (Å²) in [7, 11) is 0. The van der Waals surface area contributed by atoms with Crippen LogP contribution in [0.1, 0.15) is 58.3 Å². The summed E-state index contributed by atoms with van der Waals surface area (Å²) in [6.07, 6.45) is 11.4. The van der Waals surface area contributed by atoms with E-state index in [0.29, 0.717) is 0 Å². The Kier molecular flexibility index (Phi) is 3.05. The molecule has 0 bridgehead atoms. The third kappa shape index (κ3) is 1.77. The van der Waals surface area contributed by atoms with Crippen molar-refractivity contribution in [3.8, 4) is 0 Å². The van der Waals surface area contributed by atoms with Crippen LogP contribution in [0.5, 0.6) is 0 Å². The fraction of sp³-hybridized carbons (Fsp3) is 0.889. The van der Waals surface area contributed by atoms with Crippen LogP contribution >= 0.6 is 0 Å². The summed E-state index contributed by atoms with van der Waals surface area (Å²) >= 11 is 0. The van der Waals surface area contributed by atoms with Crippen molar-refractivity contribution < 1.29 is 10.2 Å². The largest absolute Gasteiger partial charge is 0.393 e. The van der Waals surface area contributed by atoms with Gasteiger partial charge < -0.3 is 10.2 Å². The second-order valence-corrected chi connectivity index (χ2v) is 8.10. The van der Waals surface area contributed by atoms with E-state index < -0.39 is 0 Å². The number of hydrogen-bond acceptors (Lipinski definition) is 2. The minimum atomic E-state index is -0.181. The van der Waals surface area contributed by atoms with Gasteiger partial charge in [0.2, 0.25) is 0 Å². The van der Waals surface area contributed by atoms with E-state index in [0.717, 1.165) is 36.5 Å². The van der Waals surface area contributed by atoms with Crippen LogP contribution in [-0.4, -0.2) is 22.4 Å². The first-order valence-electron chi connectivity index (χ1n) is 8.66. The van der Waals surface area contributed by atoms with Crippen molar-refractivity contribution in [2.75, 3.05) is 0 Å². The predicted molar refractivity (Wildman–Crippen MR) is 79.1 cm³/mol. The maximum atomic E-state index is 10.4. The highest BCUT2D eigenvalue weighted by Crippen LogP contribution is 2.61. The number of aliphatic hydroxyl groups excluding tert-OH is 2. The molecule has 112 valence electrons. The molecule has 0 amide bonds. The highest BCUT2D eigenvalue weighted by molar-refractivity contribution is 5.20. The van der Waals surface area contributed by atoms with E-state index in [1.807, 2.05) is 0 Å². The molecule has 20 heavy (non-hydrogen) atoms. The summed E-state index contributed by atoms with van der Waals surface area (Å²) in [5.74, 6) is 3.18. The van der Waals surface area contributed by atoms with E-state index in [1.165, 1.54) is 38.5 Å². The van der Waals surface area contributed by atoms with E-state index in [-0.39, 0.29) is 17.6 Å². The minimum absolute atomic E-state index is 0.0569. The lowest BCUT2D eigenvalue weighted by Crippen LogP contribution is -2.47. The van der Waals surface area contributed by atoms with Gasteiger partial charge in [0.15, 0.2) is 0 Å². The molecule has 0 spiro atoms. The molecule has 0 aromatic heterocycles. The highest BCUT2D eigenvalue weighted by Gasteiger charge is 2.55. The summed E-state index contributed by atoms with van der Waals surface area (Å²) in [5, 5.41) is 20.3. The van der Waals surface area contributed by atoms with Gasteiger partial charge in [0.25, 0.3) is 0 Å². The van der Waals surface area contributed by atoms with E-state index in [9.17, 15) is 10.2 Å². The third-order valence-electron chi connectivity index (χ3n) is 7.38. The maximum Gasteiger partial charge on any atom is 0.0723 e. The second-order valence-electron chi connectivity index (χ2n) is 8.10. The molecule has 7 atom stereocenters. The first kappa shape index (κ1) is 13.3. The maximum absolute atomic E-state index is 10.4. The Bertz CT molecular complexity index is 429. The lowest BCUT2D eigenvalue weighted by atomic mass is 9.52. The Hall–Kier alpha value is -0.340. The molecular weight excluding hydrogens is 248 g/mol. The average Bonchev–Trinajstić information content (AvgIpc) is 2.74. The monoisotopic (exact) mass is 276 g/mol. The number of hydrogen-bond donors (Lipinski definition) is 2. The minimum Gasteiger partial charge on any atom is -0.393 e. The van der Waals surface area contributed by atoms with Crippen LogP contribution in [0.25, 0.3) is 0 Å². The average molecular weight is 276 g/mol. The van der Waals surface area contributed by atoms with Gasteiger partial charge in [-0.15, -0.1) is 0 Å². The molecule has 3 saturated carbocycles. The first-order valence-corrected chi connectivity index (χ1v) is 8.66. The van der Waals surface area contributed by atoms with Crippen LogP contribution in [0.3, 0.4) is 0 Å². The van der Waals surface area contributed by atoms with Crippen LogP contribution < -0.4 is 0 Å². The van der Waals surface area contributed by atoms with Crippen molar-refractivity contribution in [3.63, 3.8) is 0 Å². The molecule has 0 aromatic carbocycles. The van der Waals surface area contributed by atoms with E-state index in [4.69, 9.17) is 0 Å². The van der Waals surface area contributed by atoms with Gasteiger partial charge in [-0.1, -0.05) is 18.6 Å². The van der Waals surface area contributed by atoms with Crippen molar-refractivity contribution in [1.29, 1.82) is 0 Å². The zero-order valence-electron chi connectivity index (χ0n) is 12.6. The third-order valence-corrected chi connectivity index (χ3v) is 7.38. The van der Waals surface area contributed by atoms with Crippen LogP contribution in [0.15, 0.2) is 11.6 Å². The Morgan fingerprint density at radius 3 is 2.70 bits per heavy atom. The molecule has 0 aliphatic heterocycles. The molecule has 0 radical (unpaired) electrons. The van der Waals surface area contributed by atoms with Gasteiger partial charge in [-0.05, 0) is 80.5 Å². The zero-order chi connectivity index (χ0) is 13.9. The lowest BCUT2D eigenvalue weighted by molar-refractivity contribution is -0.0548. The molecular formula is C18H28O2. The Morgan fingerprint density at radius 1 is 1.00 bits per heavy atom. The quantitative estimate of drug-likeness (QED) is 0.667. The number of aliphatic hydroxyl groups is 2. The summed E-state index contributed by atoms with van der Waals surface area (Å²) in [6, 6.07) is 0. The molecule has 4 aliphatic carbocycles. The van der Waals surface area contributed by atoms with E-state index in [2.05, 4.69) is 13.0 Å². The number of allylic oxidation sites excluding steroid dienone is 1. The normalized spacial score (nSPS) is 54.6. The summed E-state index contributed by atoms with van der Waals surface area (Å²) in [5.41, 5.74) is 1.77. The Morgan fingerprint density at radius 2 is 1.85 bits per heavy atom.